The van der Waals surface area contributed by atoms with E-state index in [0.717, 1.165) is 23.7 Å². The molecule has 0 unspecified atom stereocenters. The smallest absolute Gasteiger partial charge is 0.311 e. The van der Waals surface area contributed by atoms with Crippen molar-refractivity contribution in [2.75, 3.05) is 0 Å². The maximum absolute atomic E-state index is 13.3. The Kier molecular flexibility index (Phi) is 3.84. The van der Waals surface area contributed by atoms with Gasteiger partial charge in [0, 0.05) is 12.1 Å². The fraction of sp³-hybridized carbons (Fsp3) is 0.125. The van der Waals surface area contributed by atoms with Crippen molar-refractivity contribution in [3.05, 3.63) is 69.8 Å². The molecule has 0 aliphatic heterocycles. The van der Waals surface area contributed by atoms with E-state index in [-0.39, 0.29) is 18.0 Å². The third kappa shape index (κ3) is 3.08. The van der Waals surface area contributed by atoms with Gasteiger partial charge in [-0.3, -0.25) is 10.1 Å². The molecule has 0 amide bonds. The number of aromatic nitrogens is 2. The van der Waals surface area contributed by atoms with E-state index >= 15 is 0 Å². The number of benzene rings is 2. The van der Waals surface area contributed by atoms with E-state index in [1.807, 2.05) is 24.3 Å². The molecule has 0 N–H and O–H groups in total. The van der Waals surface area contributed by atoms with Gasteiger partial charge in [0.2, 0.25) is 0 Å². The molecule has 0 spiro atoms. The number of nitrogens with zero attached hydrogens (tertiary/aromatic N) is 3. The van der Waals surface area contributed by atoms with E-state index in [1.165, 1.54) is 0 Å². The molecule has 0 saturated heterocycles. The average Bonchev–Trinajstić information content (AvgIpc) is 2.52. The quantitative estimate of drug-likeness (QED) is 0.543. The first-order valence-corrected chi connectivity index (χ1v) is 6.83. The van der Waals surface area contributed by atoms with Gasteiger partial charge in [0.25, 0.3) is 0 Å². The number of hydrogen-bond acceptors (Lipinski definition) is 5. The van der Waals surface area contributed by atoms with Crippen molar-refractivity contribution in [1.29, 1.82) is 0 Å². The first-order chi connectivity index (χ1) is 11.0. The largest absolute Gasteiger partial charge is 0.480 e. The van der Waals surface area contributed by atoms with Crippen LogP contribution in [0.15, 0.2) is 42.5 Å². The lowest BCUT2D eigenvalue weighted by Crippen LogP contribution is -2.05. The van der Waals surface area contributed by atoms with Gasteiger partial charge in [-0.25, -0.2) is 14.4 Å². The van der Waals surface area contributed by atoms with Gasteiger partial charge < -0.3 is 4.74 Å². The lowest BCUT2D eigenvalue weighted by molar-refractivity contribution is -0.386. The van der Waals surface area contributed by atoms with Crippen LogP contribution in [0, 0.1) is 22.9 Å². The highest BCUT2D eigenvalue weighted by molar-refractivity contribution is 5.74. The fourth-order valence-corrected chi connectivity index (χ4v) is 2.16. The molecule has 1 aromatic heterocycles. The van der Waals surface area contributed by atoms with Gasteiger partial charge in [0.05, 0.1) is 27.3 Å². The number of hydrogen-bond donors (Lipinski definition) is 0. The van der Waals surface area contributed by atoms with Gasteiger partial charge in [-0.2, -0.15) is 0 Å². The van der Waals surface area contributed by atoms with Crippen LogP contribution >= 0.6 is 0 Å². The van der Waals surface area contributed by atoms with Crippen LogP contribution in [-0.4, -0.2) is 14.9 Å². The van der Waals surface area contributed by atoms with Gasteiger partial charge in [-0.1, -0.05) is 12.1 Å². The van der Waals surface area contributed by atoms with Gasteiger partial charge in [-0.15, -0.1) is 0 Å². The zero-order chi connectivity index (χ0) is 16.4. The van der Waals surface area contributed by atoms with Crippen molar-refractivity contribution in [1.82, 2.24) is 9.97 Å². The molecular weight excluding hydrogens is 301 g/mol. The second kappa shape index (κ2) is 5.96. The maximum Gasteiger partial charge on any atom is 0.311 e. The molecule has 23 heavy (non-hydrogen) atoms. The van der Waals surface area contributed by atoms with Crippen LogP contribution in [0.3, 0.4) is 0 Å². The minimum atomic E-state index is -0.617. The molecule has 3 rings (SSSR count). The zero-order valence-electron chi connectivity index (χ0n) is 12.2. The topological polar surface area (TPSA) is 78.2 Å². The van der Waals surface area contributed by atoms with Crippen molar-refractivity contribution in [2.45, 2.75) is 13.5 Å². The summed E-state index contributed by atoms with van der Waals surface area (Å²) >= 11 is 0. The Labute approximate surface area is 130 Å². The summed E-state index contributed by atoms with van der Waals surface area (Å²) in [6.07, 6.45) is 0. The van der Waals surface area contributed by atoms with Crippen molar-refractivity contribution in [2.24, 2.45) is 0 Å². The minimum absolute atomic E-state index is 0.0338. The molecular formula is C16H12FN3O3. The van der Waals surface area contributed by atoms with Crippen LogP contribution in [0.2, 0.25) is 0 Å². The van der Waals surface area contributed by atoms with E-state index in [4.69, 9.17) is 4.74 Å². The number of ether oxygens (including phenoxy) is 1. The molecule has 3 aromatic rings. The van der Waals surface area contributed by atoms with Gasteiger partial charge in [0.1, 0.15) is 12.4 Å². The Morgan fingerprint density at radius 2 is 1.87 bits per heavy atom. The number of nitro groups is 1. The standard InChI is InChI=1S/C16H12FN3O3/c1-10-14(19-13-5-3-2-4-12(13)18-10)9-23-16-8-11(17)6-7-15(16)20(21)22/h2-8H,9H2,1H3. The van der Waals surface area contributed by atoms with Crippen molar-refractivity contribution < 1.29 is 14.1 Å². The summed E-state index contributed by atoms with van der Waals surface area (Å²) < 4.78 is 18.7. The SMILES string of the molecule is Cc1nc2ccccc2nc1COc1cc(F)ccc1[N+](=O)[O-]. The summed E-state index contributed by atoms with van der Waals surface area (Å²) in [5, 5.41) is 11.0. The molecule has 1 heterocycles. The van der Waals surface area contributed by atoms with E-state index in [0.29, 0.717) is 16.9 Å². The van der Waals surface area contributed by atoms with Gasteiger partial charge in [0.15, 0.2) is 5.75 Å². The Morgan fingerprint density at radius 1 is 1.17 bits per heavy atom. The van der Waals surface area contributed by atoms with E-state index in [1.54, 1.807) is 6.92 Å². The molecule has 2 aromatic carbocycles. The van der Waals surface area contributed by atoms with Crippen LogP contribution in [0.4, 0.5) is 10.1 Å². The van der Waals surface area contributed by atoms with E-state index in [2.05, 4.69) is 9.97 Å². The molecule has 7 heteroatoms. The molecule has 0 fully saturated rings. The molecule has 0 aliphatic rings. The lowest BCUT2D eigenvalue weighted by Gasteiger charge is -2.09. The zero-order valence-corrected chi connectivity index (χ0v) is 12.2. The van der Waals surface area contributed by atoms with Crippen molar-refractivity contribution >= 4 is 16.7 Å². The predicted molar refractivity (Wildman–Crippen MR) is 81.7 cm³/mol. The third-order valence-electron chi connectivity index (χ3n) is 3.33. The monoisotopic (exact) mass is 313 g/mol. The summed E-state index contributed by atoms with van der Waals surface area (Å²) in [4.78, 5) is 19.2. The number of halogens is 1. The Balaban J connectivity index is 1.90. The van der Waals surface area contributed by atoms with Crippen molar-refractivity contribution in [3.8, 4) is 5.75 Å². The molecule has 0 aliphatic carbocycles. The fourth-order valence-electron chi connectivity index (χ4n) is 2.16. The highest BCUT2D eigenvalue weighted by Crippen LogP contribution is 2.28. The number of para-hydroxylation sites is 2. The Hall–Kier alpha value is -3.09. The second-order valence-corrected chi connectivity index (χ2v) is 4.90. The lowest BCUT2D eigenvalue weighted by atomic mass is 10.2. The average molecular weight is 313 g/mol. The van der Waals surface area contributed by atoms with E-state index < -0.39 is 10.7 Å². The highest BCUT2D eigenvalue weighted by Gasteiger charge is 2.17. The van der Waals surface area contributed by atoms with E-state index in [9.17, 15) is 14.5 Å². The minimum Gasteiger partial charge on any atom is -0.480 e. The van der Waals surface area contributed by atoms with Crippen LogP contribution < -0.4 is 4.74 Å². The molecule has 0 radical (unpaired) electrons. The van der Waals surface area contributed by atoms with Crippen LogP contribution in [-0.2, 0) is 6.61 Å². The molecule has 6 nitrogen and oxygen atoms in total. The maximum atomic E-state index is 13.3. The summed E-state index contributed by atoms with van der Waals surface area (Å²) in [6.45, 7) is 1.74. The van der Waals surface area contributed by atoms with Gasteiger partial charge in [-0.05, 0) is 25.1 Å². The molecule has 0 bridgehead atoms. The number of nitro benzene ring substituents is 1. The Morgan fingerprint density at radius 3 is 2.57 bits per heavy atom. The van der Waals surface area contributed by atoms with Crippen LogP contribution in [0.5, 0.6) is 5.75 Å². The summed E-state index contributed by atoms with van der Waals surface area (Å²) in [5.41, 5.74) is 2.36. The number of fused-ring (bicyclic) bond motifs is 1. The van der Waals surface area contributed by atoms with Gasteiger partial charge >= 0.3 is 5.69 Å². The summed E-state index contributed by atoms with van der Waals surface area (Å²) in [5.74, 6) is -0.740. The Bertz CT molecular complexity index is 899. The summed E-state index contributed by atoms with van der Waals surface area (Å²) in [7, 11) is 0. The first kappa shape index (κ1) is 14.8. The highest BCUT2D eigenvalue weighted by atomic mass is 19.1. The molecule has 0 atom stereocenters. The normalized spacial score (nSPS) is 10.7. The molecule has 116 valence electrons. The number of aryl methyl sites for hydroxylation is 1. The van der Waals surface area contributed by atoms with Crippen LogP contribution in [0.1, 0.15) is 11.4 Å². The van der Waals surface area contributed by atoms with Crippen LogP contribution in [0.25, 0.3) is 11.0 Å². The van der Waals surface area contributed by atoms with Crippen molar-refractivity contribution in [3.63, 3.8) is 0 Å². The first-order valence-electron chi connectivity index (χ1n) is 6.83. The number of rotatable bonds is 4. The summed E-state index contributed by atoms with van der Waals surface area (Å²) in [6, 6.07) is 10.4. The predicted octanol–water partition coefficient (Wildman–Crippen LogP) is 3.56. The molecule has 0 saturated carbocycles. The second-order valence-electron chi connectivity index (χ2n) is 4.90. The third-order valence-corrected chi connectivity index (χ3v) is 3.33.